The number of urea groups is 1. The second-order valence-corrected chi connectivity index (χ2v) is 11.8. The Balaban J connectivity index is 1.42. The number of nitrogens with zero attached hydrogens (tertiary/aromatic N) is 3. The number of aromatic nitrogens is 2. The van der Waals surface area contributed by atoms with Gasteiger partial charge in [0.05, 0.1) is 52.1 Å². The van der Waals surface area contributed by atoms with Crippen LogP contribution in [0.1, 0.15) is 56.8 Å². The van der Waals surface area contributed by atoms with Crippen molar-refractivity contribution < 1.29 is 41.8 Å². The van der Waals surface area contributed by atoms with Crippen LogP contribution < -0.4 is 5.32 Å². The van der Waals surface area contributed by atoms with Crippen LogP contribution in [0.5, 0.6) is 0 Å². The summed E-state index contributed by atoms with van der Waals surface area (Å²) in [6.07, 6.45) is -4.32. The van der Waals surface area contributed by atoms with Crippen molar-refractivity contribution in [1.82, 2.24) is 20.0 Å². The van der Waals surface area contributed by atoms with Gasteiger partial charge in [-0.15, -0.1) is 0 Å². The van der Waals surface area contributed by atoms with Crippen LogP contribution in [0.15, 0.2) is 36.4 Å². The molecule has 2 N–H and O–H groups in total. The quantitative estimate of drug-likeness (QED) is 0.360. The zero-order valence-electron chi connectivity index (χ0n) is 23.4. The number of carboxylic acids is 1. The molecule has 1 saturated heterocycles. The lowest BCUT2D eigenvalue weighted by atomic mass is 9.88. The molecule has 2 aliphatic carbocycles. The number of methoxy groups -OCH3 is 1. The smallest absolute Gasteiger partial charge is 0.398 e. The van der Waals surface area contributed by atoms with Crippen LogP contribution in [-0.4, -0.2) is 76.2 Å². The number of hydrogen-bond acceptors (Lipinski definition) is 5. The summed E-state index contributed by atoms with van der Waals surface area (Å²) in [5.74, 6) is -3.14. The number of alkyl halides is 3. The fraction of sp³-hybridized carbons (Fsp3) is 0.400. The number of fused-ring (bicyclic) bond motifs is 1. The van der Waals surface area contributed by atoms with Crippen LogP contribution in [0, 0.1) is 5.82 Å². The Morgan fingerprint density at radius 3 is 2.50 bits per heavy atom. The molecule has 9 nitrogen and oxygen atoms in total. The molecule has 0 radical (unpaired) electrons. The third-order valence-electron chi connectivity index (χ3n) is 8.77. The Morgan fingerprint density at radius 2 is 1.89 bits per heavy atom. The summed E-state index contributed by atoms with van der Waals surface area (Å²) in [6, 6.07) is 6.43. The van der Waals surface area contributed by atoms with E-state index in [0.29, 0.717) is 30.8 Å². The summed E-state index contributed by atoms with van der Waals surface area (Å²) in [5.41, 5.74) is -2.35. The van der Waals surface area contributed by atoms with Gasteiger partial charge < -0.3 is 20.1 Å². The molecule has 1 saturated carbocycles. The van der Waals surface area contributed by atoms with Gasteiger partial charge in [0.25, 0.3) is 5.91 Å². The largest absolute Gasteiger partial charge is 0.478 e. The molecule has 3 aliphatic rings. The minimum Gasteiger partial charge on any atom is -0.478 e. The molecule has 1 aliphatic heterocycles. The summed E-state index contributed by atoms with van der Waals surface area (Å²) in [4.78, 5) is 39.9. The number of hydrogen-bond donors (Lipinski definition) is 2. The SMILES string of the molecule is COC1CN(C(=O)NC2CCc3c(-c4ccc(C(=O)O)cc4F)nn(C(=O)c4c(Cl)cccc4C4(C(F)(F)F)CC4)c3C2)C1. The van der Waals surface area contributed by atoms with Crippen molar-refractivity contribution in [3.8, 4) is 11.3 Å². The monoisotopic (exact) mass is 634 g/mol. The Kier molecular flexibility index (Phi) is 7.44. The van der Waals surface area contributed by atoms with Gasteiger partial charge in [0.2, 0.25) is 0 Å². The van der Waals surface area contributed by atoms with Crippen molar-refractivity contribution in [2.45, 2.75) is 55.8 Å². The van der Waals surface area contributed by atoms with Crippen LogP contribution in [0.4, 0.5) is 22.4 Å². The summed E-state index contributed by atoms with van der Waals surface area (Å²) in [6.45, 7) is 0.839. The molecular formula is C30H27ClF4N4O5. The van der Waals surface area contributed by atoms with Crippen molar-refractivity contribution in [3.63, 3.8) is 0 Å². The minimum absolute atomic E-state index is 0.0565. The molecule has 1 unspecified atom stereocenters. The molecular weight excluding hydrogens is 608 g/mol. The summed E-state index contributed by atoms with van der Waals surface area (Å²) < 4.78 is 64.0. The van der Waals surface area contributed by atoms with E-state index in [1.807, 2.05) is 0 Å². The standard InChI is InChI=1S/C30H27ClF4N4O5/c1-44-17-13-38(14-17)28(43)36-16-6-8-19-23(12-16)39(37-25(19)18-7-5-15(27(41)42)11-22(18)32)26(40)24-20(3-2-4-21(24)31)29(9-10-29)30(33,34)35/h2-5,7,11,16-17H,6,8-10,12-14H2,1H3,(H,36,43)(H,41,42). The first-order valence-corrected chi connectivity index (χ1v) is 14.3. The normalized spacial score (nSPS) is 19.2. The third-order valence-corrected chi connectivity index (χ3v) is 9.08. The Morgan fingerprint density at radius 1 is 1.16 bits per heavy atom. The maximum atomic E-state index is 15.3. The molecule has 0 bridgehead atoms. The van der Waals surface area contributed by atoms with Crippen LogP contribution in [0.2, 0.25) is 5.02 Å². The molecule has 2 fully saturated rings. The highest BCUT2D eigenvalue weighted by molar-refractivity contribution is 6.34. The van der Waals surface area contributed by atoms with E-state index in [1.165, 1.54) is 30.3 Å². The second-order valence-electron chi connectivity index (χ2n) is 11.4. The zero-order valence-corrected chi connectivity index (χ0v) is 24.1. The van der Waals surface area contributed by atoms with E-state index in [4.69, 9.17) is 16.3 Å². The highest BCUT2D eigenvalue weighted by Gasteiger charge is 2.65. The lowest BCUT2D eigenvalue weighted by Crippen LogP contribution is -2.59. The summed E-state index contributed by atoms with van der Waals surface area (Å²) in [5, 5.41) is 16.4. The van der Waals surface area contributed by atoms with Crippen molar-refractivity contribution in [1.29, 1.82) is 0 Å². The van der Waals surface area contributed by atoms with Gasteiger partial charge >= 0.3 is 18.2 Å². The fourth-order valence-electron chi connectivity index (χ4n) is 6.06. The van der Waals surface area contributed by atoms with E-state index in [-0.39, 0.29) is 70.8 Å². The van der Waals surface area contributed by atoms with Gasteiger partial charge in [-0.3, -0.25) is 4.79 Å². The number of amides is 2. The molecule has 44 heavy (non-hydrogen) atoms. The lowest BCUT2D eigenvalue weighted by Gasteiger charge is -2.39. The van der Waals surface area contributed by atoms with E-state index in [1.54, 1.807) is 12.0 Å². The van der Waals surface area contributed by atoms with E-state index < -0.39 is 35.3 Å². The average Bonchev–Trinajstić information content (AvgIpc) is 3.69. The van der Waals surface area contributed by atoms with Crippen molar-refractivity contribution in [2.75, 3.05) is 20.2 Å². The molecule has 2 heterocycles. The van der Waals surface area contributed by atoms with Crippen LogP contribution in [0.3, 0.4) is 0 Å². The minimum atomic E-state index is -4.62. The van der Waals surface area contributed by atoms with Gasteiger partial charge in [0, 0.05) is 30.7 Å². The van der Waals surface area contributed by atoms with Gasteiger partial charge in [0.15, 0.2) is 0 Å². The van der Waals surface area contributed by atoms with Gasteiger partial charge in [-0.1, -0.05) is 23.7 Å². The maximum absolute atomic E-state index is 15.3. The lowest BCUT2D eigenvalue weighted by molar-refractivity contribution is -0.160. The summed E-state index contributed by atoms with van der Waals surface area (Å²) in [7, 11) is 1.56. The number of halogens is 5. The van der Waals surface area contributed by atoms with Crippen LogP contribution in [0.25, 0.3) is 11.3 Å². The highest BCUT2D eigenvalue weighted by atomic mass is 35.5. The molecule has 6 rings (SSSR count). The first-order chi connectivity index (χ1) is 20.8. The number of carboxylic acid groups (broad SMARTS) is 1. The van der Waals surface area contributed by atoms with Gasteiger partial charge in [-0.05, 0) is 55.5 Å². The second kappa shape index (κ2) is 10.9. The van der Waals surface area contributed by atoms with E-state index in [2.05, 4.69) is 10.4 Å². The summed E-state index contributed by atoms with van der Waals surface area (Å²) >= 11 is 6.40. The Bertz CT molecular complexity index is 1680. The molecule has 14 heteroatoms. The molecule has 0 spiro atoms. The molecule has 1 aromatic heterocycles. The highest BCUT2D eigenvalue weighted by Crippen LogP contribution is 2.60. The van der Waals surface area contributed by atoms with Crippen molar-refractivity contribution >= 4 is 29.5 Å². The predicted molar refractivity (Wildman–Crippen MR) is 149 cm³/mol. The Hall–Kier alpha value is -3.97. The predicted octanol–water partition coefficient (Wildman–Crippen LogP) is 5.22. The van der Waals surface area contributed by atoms with E-state index >= 15 is 4.39 Å². The van der Waals surface area contributed by atoms with Crippen LogP contribution >= 0.6 is 11.6 Å². The molecule has 3 aromatic rings. The van der Waals surface area contributed by atoms with E-state index in [9.17, 15) is 32.7 Å². The third kappa shape index (κ3) is 5.01. The van der Waals surface area contributed by atoms with Gasteiger partial charge in [-0.25, -0.2) is 14.0 Å². The Labute approximate surface area is 253 Å². The van der Waals surface area contributed by atoms with Crippen LogP contribution in [-0.2, 0) is 23.0 Å². The maximum Gasteiger partial charge on any atom is 0.398 e. The topological polar surface area (TPSA) is 114 Å². The molecule has 2 aromatic carbocycles. The number of carbonyl (C=O) groups excluding carboxylic acids is 2. The number of benzene rings is 2. The number of likely N-dealkylation sites (tertiary alicyclic amines) is 1. The first kappa shape index (κ1) is 30.1. The number of ether oxygens (including phenoxy) is 1. The fourth-order valence-corrected chi connectivity index (χ4v) is 6.31. The number of aromatic carboxylic acids is 1. The first-order valence-electron chi connectivity index (χ1n) is 14.0. The molecule has 1 atom stereocenters. The van der Waals surface area contributed by atoms with Gasteiger partial charge in [-0.2, -0.15) is 23.0 Å². The molecule has 232 valence electrons. The number of rotatable bonds is 6. The average molecular weight is 635 g/mol. The van der Waals surface area contributed by atoms with Crippen molar-refractivity contribution in [3.05, 3.63) is 75.2 Å². The van der Waals surface area contributed by atoms with Gasteiger partial charge in [0.1, 0.15) is 5.82 Å². The molecule has 2 amide bonds. The number of carbonyl (C=O) groups is 3. The van der Waals surface area contributed by atoms with E-state index in [0.717, 1.165) is 10.7 Å². The number of nitrogens with one attached hydrogen (secondary N) is 1. The zero-order chi connectivity index (χ0) is 31.6. The van der Waals surface area contributed by atoms with Crippen molar-refractivity contribution in [2.24, 2.45) is 0 Å².